The number of amides is 2. The molecular formula is C25H25FN2O3. The highest BCUT2D eigenvalue weighted by Gasteiger charge is 2.26. The molecule has 0 atom stereocenters. The van der Waals surface area contributed by atoms with Gasteiger partial charge >= 0.3 is 0 Å². The lowest BCUT2D eigenvalue weighted by Crippen LogP contribution is -2.50. The molecule has 0 aliphatic carbocycles. The zero-order valence-corrected chi connectivity index (χ0v) is 17.3. The van der Waals surface area contributed by atoms with Crippen molar-refractivity contribution in [1.82, 2.24) is 9.80 Å². The summed E-state index contributed by atoms with van der Waals surface area (Å²) in [6.45, 7) is 2.02. The second kappa shape index (κ2) is 9.60. The molecular weight excluding hydrogens is 395 g/mol. The molecule has 2 aromatic carbocycles. The largest absolute Gasteiger partial charge is 0.451 e. The molecule has 1 aromatic heterocycles. The molecule has 4 rings (SSSR count). The number of piperazine rings is 1. The van der Waals surface area contributed by atoms with Gasteiger partial charge in [-0.15, -0.1) is 0 Å². The highest BCUT2D eigenvalue weighted by Crippen LogP contribution is 2.23. The maximum atomic E-state index is 13.1. The van der Waals surface area contributed by atoms with Gasteiger partial charge in [0.05, 0.1) is 0 Å². The van der Waals surface area contributed by atoms with Crippen molar-refractivity contribution < 1.29 is 18.4 Å². The number of nitrogens with zero attached hydrogens (tertiary/aromatic N) is 2. The number of benzene rings is 2. The van der Waals surface area contributed by atoms with Gasteiger partial charge in [-0.05, 0) is 54.8 Å². The number of rotatable bonds is 6. The van der Waals surface area contributed by atoms with Crippen LogP contribution in [-0.2, 0) is 11.2 Å². The van der Waals surface area contributed by atoms with Gasteiger partial charge in [-0.1, -0.05) is 30.3 Å². The molecule has 1 saturated heterocycles. The van der Waals surface area contributed by atoms with Crippen molar-refractivity contribution in [2.24, 2.45) is 0 Å². The van der Waals surface area contributed by atoms with Crippen LogP contribution in [-0.4, -0.2) is 47.8 Å². The lowest BCUT2D eigenvalue weighted by Gasteiger charge is -2.34. The topological polar surface area (TPSA) is 53.8 Å². The molecule has 2 amide bonds. The predicted molar refractivity (Wildman–Crippen MR) is 116 cm³/mol. The van der Waals surface area contributed by atoms with E-state index in [0.29, 0.717) is 43.9 Å². The summed E-state index contributed by atoms with van der Waals surface area (Å²) in [5.41, 5.74) is 1.95. The highest BCUT2D eigenvalue weighted by molar-refractivity contribution is 5.92. The molecule has 0 bridgehead atoms. The summed E-state index contributed by atoms with van der Waals surface area (Å²) >= 11 is 0. The van der Waals surface area contributed by atoms with E-state index in [2.05, 4.69) is 12.1 Å². The fourth-order valence-corrected chi connectivity index (χ4v) is 3.78. The van der Waals surface area contributed by atoms with Crippen LogP contribution in [0.5, 0.6) is 0 Å². The van der Waals surface area contributed by atoms with E-state index in [1.54, 1.807) is 29.2 Å². The summed E-state index contributed by atoms with van der Waals surface area (Å²) < 4.78 is 18.8. The van der Waals surface area contributed by atoms with Crippen molar-refractivity contribution in [3.05, 3.63) is 83.9 Å². The molecule has 0 unspecified atom stereocenters. The van der Waals surface area contributed by atoms with Crippen LogP contribution in [0.1, 0.15) is 29.0 Å². The van der Waals surface area contributed by atoms with Gasteiger partial charge in [0, 0.05) is 38.2 Å². The Kier molecular flexibility index (Phi) is 6.46. The molecule has 0 spiro atoms. The Balaban J connectivity index is 1.26. The highest BCUT2D eigenvalue weighted by atomic mass is 19.1. The predicted octanol–water partition coefficient (Wildman–Crippen LogP) is 4.39. The molecule has 3 aromatic rings. The smallest absolute Gasteiger partial charge is 0.289 e. The summed E-state index contributed by atoms with van der Waals surface area (Å²) in [5.74, 6) is 0.404. The standard InChI is InChI=1S/C25H25FN2O3/c26-21-11-9-20(10-12-21)22-13-14-23(31-22)25(30)28-17-15-27(16-18-28)24(29)8-4-7-19-5-2-1-3-6-19/h1-3,5-6,9-14H,4,7-8,15-18H2. The van der Waals surface area contributed by atoms with Gasteiger partial charge in [0.1, 0.15) is 11.6 Å². The molecule has 2 heterocycles. The number of carbonyl (C=O) groups is 2. The van der Waals surface area contributed by atoms with Gasteiger partial charge in [-0.2, -0.15) is 0 Å². The minimum atomic E-state index is -0.320. The van der Waals surface area contributed by atoms with Crippen LogP contribution in [0.25, 0.3) is 11.3 Å². The molecule has 1 aliphatic heterocycles. The van der Waals surface area contributed by atoms with E-state index in [-0.39, 0.29) is 23.4 Å². The van der Waals surface area contributed by atoms with Crippen LogP contribution in [0, 0.1) is 5.82 Å². The van der Waals surface area contributed by atoms with Gasteiger partial charge in [0.2, 0.25) is 5.91 Å². The minimum Gasteiger partial charge on any atom is -0.451 e. The first-order chi connectivity index (χ1) is 15.1. The second-order valence-corrected chi connectivity index (χ2v) is 7.68. The van der Waals surface area contributed by atoms with E-state index in [1.165, 1.54) is 17.7 Å². The average Bonchev–Trinajstić information content (AvgIpc) is 3.30. The Morgan fingerprint density at radius 1 is 0.839 bits per heavy atom. The number of halogens is 1. The summed E-state index contributed by atoms with van der Waals surface area (Å²) in [6.07, 6.45) is 2.22. The Morgan fingerprint density at radius 2 is 1.52 bits per heavy atom. The molecule has 1 fully saturated rings. The zero-order valence-electron chi connectivity index (χ0n) is 17.3. The number of aryl methyl sites for hydroxylation is 1. The van der Waals surface area contributed by atoms with Gasteiger partial charge in [-0.25, -0.2) is 4.39 Å². The number of carbonyl (C=O) groups excluding carboxylic acids is 2. The lowest BCUT2D eigenvalue weighted by atomic mass is 10.1. The second-order valence-electron chi connectivity index (χ2n) is 7.68. The van der Waals surface area contributed by atoms with E-state index in [9.17, 15) is 14.0 Å². The van der Waals surface area contributed by atoms with Crippen molar-refractivity contribution in [1.29, 1.82) is 0 Å². The van der Waals surface area contributed by atoms with Crippen molar-refractivity contribution in [3.8, 4) is 11.3 Å². The van der Waals surface area contributed by atoms with Crippen LogP contribution < -0.4 is 0 Å². The number of hydrogen-bond donors (Lipinski definition) is 0. The van der Waals surface area contributed by atoms with Crippen LogP contribution >= 0.6 is 0 Å². The van der Waals surface area contributed by atoms with Gasteiger partial charge in [0.25, 0.3) is 5.91 Å². The molecule has 0 N–H and O–H groups in total. The Bertz CT molecular complexity index is 1020. The quantitative estimate of drug-likeness (QED) is 0.594. The van der Waals surface area contributed by atoms with Crippen LogP contribution in [0.15, 0.2) is 71.1 Å². The third-order valence-corrected chi connectivity index (χ3v) is 5.56. The molecule has 1 aliphatic rings. The first-order valence-electron chi connectivity index (χ1n) is 10.6. The summed E-state index contributed by atoms with van der Waals surface area (Å²) in [4.78, 5) is 28.8. The lowest BCUT2D eigenvalue weighted by molar-refractivity contribution is -0.132. The van der Waals surface area contributed by atoms with Gasteiger partial charge in [-0.3, -0.25) is 9.59 Å². The maximum absolute atomic E-state index is 13.1. The van der Waals surface area contributed by atoms with Gasteiger partial charge in [0.15, 0.2) is 5.76 Å². The van der Waals surface area contributed by atoms with E-state index in [4.69, 9.17) is 4.42 Å². The van der Waals surface area contributed by atoms with E-state index >= 15 is 0 Å². The van der Waals surface area contributed by atoms with E-state index in [1.807, 2.05) is 23.1 Å². The van der Waals surface area contributed by atoms with Crippen molar-refractivity contribution in [2.75, 3.05) is 26.2 Å². The molecule has 31 heavy (non-hydrogen) atoms. The van der Waals surface area contributed by atoms with Crippen molar-refractivity contribution >= 4 is 11.8 Å². The minimum absolute atomic E-state index is 0.139. The fourth-order valence-electron chi connectivity index (χ4n) is 3.78. The normalized spacial score (nSPS) is 14.0. The number of hydrogen-bond acceptors (Lipinski definition) is 3. The van der Waals surface area contributed by atoms with E-state index < -0.39 is 0 Å². The number of furan rings is 1. The SMILES string of the molecule is O=C(CCCc1ccccc1)N1CCN(C(=O)c2ccc(-c3ccc(F)cc3)o2)CC1. The fraction of sp³-hybridized carbons (Fsp3) is 0.280. The Labute approximate surface area is 181 Å². The molecule has 0 saturated carbocycles. The summed E-state index contributed by atoms with van der Waals surface area (Å²) in [7, 11) is 0. The first kappa shape index (κ1) is 20.8. The average molecular weight is 420 g/mol. The molecule has 160 valence electrons. The summed E-state index contributed by atoms with van der Waals surface area (Å²) in [6, 6.07) is 19.5. The summed E-state index contributed by atoms with van der Waals surface area (Å²) in [5, 5.41) is 0. The van der Waals surface area contributed by atoms with Crippen LogP contribution in [0.4, 0.5) is 4.39 Å². The van der Waals surface area contributed by atoms with E-state index in [0.717, 1.165) is 12.8 Å². The Morgan fingerprint density at radius 3 is 2.23 bits per heavy atom. The van der Waals surface area contributed by atoms with Crippen molar-refractivity contribution in [2.45, 2.75) is 19.3 Å². The first-order valence-corrected chi connectivity index (χ1v) is 10.6. The third-order valence-electron chi connectivity index (χ3n) is 5.56. The third kappa shape index (κ3) is 5.20. The van der Waals surface area contributed by atoms with Crippen molar-refractivity contribution in [3.63, 3.8) is 0 Å². The van der Waals surface area contributed by atoms with Crippen LogP contribution in [0.3, 0.4) is 0 Å². The molecule has 6 heteroatoms. The molecule has 0 radical (unpaired) electrons. The maximum Gasteiger partial charge on any atom is 0.289 e. The zero-order chi connectivity index (χ0) is 21.6. The Hall–Kier alpha value is -3.41. The monoisotopic (exact) mass is 420 g/mol. The molecule has 5 nitrogen and oxygen atoms in total. The van der Waals surface area contributed by atoms with Gasteiger partial charge < -0.3 is 14.2 Å². The van der Waals surface area contributed by atoms with Crippen LogP contribution in [0.2, 0.25) is 0 Å².